The summed E-state index contributed by atoms with van der Waals surface area (Å²) in [5, 5.41) is 10.7. The van der Waals surface area contributed by atoms with Crippen LogP contribution in [0.25, 0.3) is 0 Å². The number of benzene rings is 1. The molecule has 1 fully saturated rings. The van der Waals surface area contributed by atoms with Crippen LogP contribution in [0.4, 0.5) is 0 Å². The third kappa shape index (κ3) is 4.97. The molecule has 8 nitrogen and oxygen atoms in total. The number of nitrogens with two attached hydrogens (primary N) is 2. The first-order valence-electron chi connectivity index (χ1n) is 9.18. The number of hydrogen-bond donors (Lipinski definition) is 3. The largest absolute Gasteiger partial charge is 0.493 e. The van der Waals surface area contributed by atoms with E-state index in [0.29, 0.717) is 23.1 Å². The highest BCUT2D eigenvalue weighted by atomic mass is 16.5. The number of amides is 2. The van der Waals surface area contributed by atoms with E-state index in [0.717, 1.165) is 25.7 Å². The third-order valence-corrected chi connectivity index (χ3v) is 5.08. The number of hydrogen-bond acceptors (Lipinski definition) is 7. The average molecular weight is 379 g/mol. The molecule has 0 radical (unpaired) electrons. The molecule has 1 aromatic rings. The molecule has 1 aromatic carbocycles. The number of imide groups is 1. The van der Waals surface area contributed by atoms with Gasteiger partial charge in [0.1, 0.15) is 6.10 Å². The highest BCUT2D eigenvalue weighted by Gasteiger charge is 2.33. The SMILES string of the molecule is COc1cccc(C(=O)N(N)C(=O)C(O)[C@H](N)CC2CCCCC2)c1OC. The minimum atomic E-state index is -1.54. The van der Waals surface area contributed by atoms with Crippen molar-refractivity contribution in [3.05, 3.63) is 23.8 Å². The molecule has 2 rings (SSSR count). The minimum absolute atomic E-state index is 0.0563. The molecule has 0 heterocycles. The predicted octanol–water partition coefficient (Wildman–Crippen LogP) is 1.20. The lowest BCUT2D eigenvalue weighted by Gasteiger charge is -2.28. The van der Waals surface area contributed by atoms with Crippen molar-refractivity contribution in [1.29, 1.82) is 0 Å². The molecule has 0 bridgehead atoms. The van der Waals surface area contributed by atoms with Crippen LogP contribution in [0.15, 0.2) is 18.2 Å². The Kier molecular flexibility index (Phi) is 7.58. The van der Waals surface area contributed by atoms with Crippen LogP contribution in [0.5, 0.6) is 11.5 Å². The Hall–Kier alpha value is -2.16. The summed E-state index contributed by atoms with van der Waals surface area (Å²) >= 11 is 0. The van der Waals surface area contributed by atoms with E-state index in [-0.39, 0.29) is 11.3 Å². The van der Waals surface area contributed by atoms with Crippen molar-refractivity contribution in [1.82, 2.24) is 5.01 Å². The van der Waals surface area contributed by atoms with Crippen LogP contribution in [0, 0.1) is 5.92 Å². The molecule has 150 valence electrons. The van der Waals surface area contributed by atoms with Gasteiger partial charge < -0.3 is 20.3 Å². The summed E-state index contributed by atoms with van der Waals surface area (Å²) in [7, 11) is 2.82. The smallest absolute Gasteiger partial charge is 0.278 e. The molecule has 2 atom stereocenters. The Balaban J connectivity index is 2.08. The number of aliphatic hydroxyl groups is 1. The van der Waals surface area contributed by atoms with E-state index in [1.54, 1.807) is 12.1 Å². The highest BCUT2D eigenvalue weighted by molar-refractivity contribution is 6.07. The zero-order chi connectivity index (χ0) is 20.0. The van der Waals surface area contributed by atoms with Crippen LogP contribution in [0.1, 0.15) is 48.9 Å². The van der Waals surface area contributed by atoms with E-state index in [4.69, 9.17) is 21.1 Å². The topological polar surface area (TPSA) is 128 Å². The third-order valence-electron chi connectivity index (χ3n) is 5.08. The maximum absolute atomic E-state index is 12.6. The van der Waals surface area contributed by atoms with Crippen molar-refractivity contribution in [3.8, 4) is 11.5 Å². The molecule has 27 heavy (non-hydrogen) atoms. The number of para-hydroxylation sites is 1. The fourth-order valence-corrected chi connectivity index (χ4v) is 3.55. The number of carbonyl (C=O) groups excluding carboxylic acids is 2. The van der Waals surface area contributed by atoms with Gasteiger partial charge in [0.2, 0.25) is 0 Å². The standard InChI is InChI=1S/C19H29N3O5/c1-26-15-10-6-9-13(17(15)27-2)18(24)22(21)19(25)16(23)14(20)11-12-7-4-3-5-8-12/h6,9-10,12,14,16,23H,3-5,7-8,11,20-21H2,1-2H3/t14-,16?/m1/s1. The quantitative estimate of drug-likeness (QED) is 0.369. The number of aliphatic hydroxyl groups excluding tert-OH is 1. The molecular weight excluding hydrogens is 350 g/mol. The van der Waals surface area contributed by atoms with Crippen molar-refractivity contribution >= 4 is 11.8 Å². The first-order valence-corrected chi connectivity index (χ1v) is 9.18. The summed E-state index contributed by atoms with van der Waals surface area (Å²) in [5.74, 6) is 4.84. The Bertz CT molecular complexity index is 661. The van der Waals surface area contributed by atoms with E-state index in [1.165, 1.54) is 26.7 Å². The van der Waals surface area contributed by atoms with Gasteiger partial charge in [-0.1, -0.05) is 38.2 Å². The molecule has 8 heteroatoms. The van der Waals surface area contributed by atoms with Gasteiger partial charge >= 0.3 is 0 Å². The van der Waals surface area contributed by atoms with Gasteiger partial charge in [-0.25, -0.2) is 10.9 Å². The molecule has 1 aliphatic rings. The molecule has 0 aromatic heterocycles. The van der Waals surface area contributed by atoms with Crippen LogP contribution in [0.2, 0.25) is 0 Å². The normalized spacial score (nSPS) is 17.1. The zero-order valence-corrected chi connectivity index (χ0v) is 15.9. The molecule has 0 saturated heterocycles. The van der Waals surface area contributed by atoms with Crippen LogP contribution in [-0.4, -0.2) is 48.3 Å². The van der Waals surface area contributed by atoms with Crippen molar-refractivity contribution in [2.45, 2.75) is 50.7 Å². The Morgan fingerprint density at radius 2 is 1.89 bits per heavy atom. The lowest BCUT2D eigenvalue weighted by molar-refractivity contribution is -0.139. The number of nitrogens with zero attached hydrogens (tertiary/aromatic N) is 1. The molecule has 1 saturated carbocycles. The van der Waals surface area contributed by atoms with E-state index in [2.05, 4.69) is 0 Å². The Labute approximate surface area is 159 Å². The molecule has 0 spiro atoms. The van der Waals surface area contributed by atoms with E-state index < -0.39 is 24.0 Å². The van der Waals surface area contributed by atoms with Crippen LogP contribution >= 0.6 is 0 Å². The van der Waals surface area contributed by atoms with Gasteiger partial charge in [-0.3, -0.25) is 9.59 Å². The molecule has 5 N–H and O–H groups in total. The summed E-state index contributed by atoms with van der Waals surface area (Å²) in [5.41, 5.74) is 6.07. The van der Waals surface area contributed by atoms with Gasteiger partial charge in [0.05, 0.1) is 19.8 Å². The molecule has 2 amide bonds. The van der Waals surface area contributed by atoms with Gasteiger partial charge in [0.25, 0.3) is 11.8 Å². The summed E-state index contributed by atoms with van der Waals surface area (Å²) in [6.45, 7) is 0. The fourth-order valence-electron chi connectivity index (χ4n) is 3.55. The minimum Gasteiger partial charge on any atom is -0.493 e. The maximum atomic E-state index is 12.6. The fraction of sp³-hybridized carbons (Fsp3) is 0.579. The number of hydrazine groups is 1. The number of methoxy groups -OCH3 is 2. The first kappa shape index (κ1) is 21.1. The summed E-state index contributed by atoms with van der Waals surface area (Å²) in [6.07, 6.45) is 4.55. The highest BCUT2D eigenvalue weighted by Crippen LogP contribution is 2.31. The van der Waals surface area contributed by atoms with Crippen LogP contribution < -0.4 is 21.1 Å². The molecular formula is C19H29N3O5. The van der Waals surface area contributed by atoms with Gasteiger partial charge in [0, 0.05) is 6.04 Å². The monoisotopic (exact) mass is 379 g/mol. The van der Waals surface area contributed by atoms with Gasteiger partial charge in [-0.2, -0.15) is 0 Å². The first-order chi connectivity index (χ1) is 12.9. The summed E-state index contributed by atoms with van der Waals surface area (Å²) in [4.78, 5) is 25.1. The summed E-state index contributed by atoms with van der Waals surface area (Å²) < 4.78 is 10.3. The number of ether oxygens (including phenoxy) is 2. The Morgan fingerprint density at radius 3 is 2.48 bits per heavy atom. The summed E-state index contributed by atoms with van der Waals surface area (Å²) in [6, 6.07) is 3.89. The lowest BCUT2D eigenvalue weighted by Crippen LogP contribution is -2.53. The van der Waals surface area contributed by atoms with E-state index in [9.17, 15) is 14.7 Å². The van der Waals surface area contributed by atoms with Crippen molar-refractivity contribution in [3.63, 3.8) is 0 Å². The van der Waals surface area contributed by atoms with Gasteiger partial charge in [0.15, 0.2) is 11.5 Å². The van der Waals surface area contributed by atoms with Crippen molar-refractivity contribution < 1.29 is 24.2 Å². The molecule has 1 aliphatic carbocycles. The second-order valence-electron chi connectivity index (χ2n) is 6.90. The lowest BCUT2D eigenvalue weighted by atomic mass is 9.84. The Morgan fingerprint density at radius 1 is 1.22 bits per heavy atom. The number of carbonyl (C=O) groups is 2. The zero-order valence-electron chi connectivity index (χ0n) is 15.9. The van der Waals surface area contributed by atoms with Gasteiger partial charge in [-0.15, -0.1) is 0 Å². The average Bonchev–Trinajstić information content (AvgIpc) is 2.71. The second kappa shape index (κ2) is 9.68. The number of rotatable bonds is 7. The van der Waals surface area contributed by atoms with Crippen molar-refractivity contribution in [2.75, 3.05) is 14.2 Å². The van der Waals surface area contributed by atoms with E-state index in [1.807, 2.05) is 0 Å². The maximum Gasteiger partial charge on any atom is 0.278 e. The molecule has 0 aliphatic heterocycles. The van der Waals surface area contributed by atoms with Crippen LogP contribution in [0.3, 0.4) is 0 Å². The predicted molar refractivity (Wildman–Crippen MR) is 100 cm³/mol. The van der Waals surface area contributed by atoms with E-state index >= 15 is 0 Å². The van der Waals surface area contributed by atoms with Crippen LogP contribution in [-0.2, 0) is 4.79 Å². The van der Waals surface area contributed by atoms with Gasteiger partial charge in [-0.05, 0) is 24.5 Å². The van der Waals surface area contributed by atoms with Crippen molar-refractivity contribution in [2.24, 2.45) is 17.5 Å². The molecule has 1 unspecified atom stereocenters. The second-order valence-corrected chi connectivity index (χ2v) is 6.90.